The van der Waals surface area contributed by atoms with Crippen molar-refractivity contribution in [1.29, 1.82) is 0 Å². The smallest absolute Gasteiger partial charge is 0.246 e. The number of nitrogens with one attached hydrogen (secondary N) is 1. The van der Waals surface area contributed by atoms with Gasteiger partial charge in [0, 0.05) is 39.4 Å². The monoisotopic (exact) mass is 458 g/mol. The minimum Gasteiger partial charge on any atom is -0.353 e. The van der Waals surface area contributed by atoms with Crippen LogP contribution in [0.1, 0.15) is 30.6 Å². The number of carbonyl (C=O) groups is 2. The molecule has 2 amide bonds. The van der Waals surface area contributed by atoms with Gasteiger partial charge in [0.1, 0.15) is 0 Å². The predicted octanol–water partition coefficient (Wildman–Crippen LogP) is 4.71. The number of carbonyl (C=O) groups excluding carboxylic acids is 2. The van der Waals surface area contributed by atoms with E-state index in [1.807, 2.05) is 24.3 Å². The van der Waals surface area contributed by atoms with Crippen LogP contribution in [0.15, 0.2) is 46.9 Å². The summed E-state index contributed by atoms with van der Waals surface area (Å²) in [7, 11) is 0. The average Bonchev–Trinajstić information content (AvgIpc) is 3.40. The van der Waals surface area contributed by atoms with Crippen LogP contribution < -0.4 is 5.32 Å². The number of halogens is 1. The predicted molar refractivity (Wildman–Crippen MR) is 117 cm³/mol. The standard InChI is InChI=1S/C22H23BrN2O2S/c23-17-5-3-15(4-6-17)20-11-9-19(28-20)10-12-21(26)25-13-1-2-16(14-25)22(27)24-18-7-8-18/h3-6,9-12,16,18H,1-2,7-8,13-14H2,(H,24,27)/b12-10+. The Morgan fingerprint density at radius 2 is 1.89 bits per heavy atom. The molecule has 1 aromatic heterocycles. The lowest BCUT2D eigenvalue weighted by molar-refractivity contribution is -0.132. The van der Waals surface area contributed by atoms with Gasteiger partial charge in [0.15, 0.2) is 0 Å². The number of nitrogens with zero attached hydrogens (tertiary/aromatic N) is 1. The van der Waals surface area contributed by atoms with Crippen molar-refractivity contribution in [2.24, 2.45) is 5.92 Å². The van der Waals surface area contributed by atoms with Crippen molar-refractivity contribution in [3.8, 4) is 10.4 Å². The van der Waals surface area contributed by atoms with E-state index in [0.717, 1.165) is 41.6 Å². The van der Waals surface area contributed by atoms with Gasteiger partial charge < -0.3 is 10.2 Å². The summed E-state index contributed by atoms with van der Waals surface area (Å²) in [5.74, 6) is 0.0290. The van der Waals surface area contributed by atoms with Crippen molar-refractivity contribution in [3.05, 3.63) is 51.8 Å². The van der Waals surface area contributed by atoms with Crippen molar-refractivity contribution < 1.29 is 9.59 Å². The molecule has 0 spiro atoms. The molecule has 2 aliphatic rings. The molecular formula is C22H23BrN2O2S. The molecule has 0 radical (unpaired) electrons. The lowest BCUT2D eigenvalue weighted by atomic mass is 9.97. The SMILES string of the molecule is O=C(NC1CC1)C1CCCN(C(=O)/C=C/c2ccc(-c3ccc(Br)cc3)s2)C1. The molecule has 0 bridgehead atoms. The van der Waals surface area contributed by atoms with E-state index in [-0.39, 0.29) is 17.7 Å². The topological polar surface area (TPSA) is 49.4 Å². The number of thiophene rings is 1. The highest BCUT2D eigenvalue weighted by Crippen LogP contribution is 2.30. The summed E-state index contributed by atoms with van der Waals surface area (Å²) in [5, 5.41) is 3.07. The minimum absolute atomic E-state index is 0.0116. The number of likely N-dealkylation sites (tertiary alicyclic amines) is 1. The second-order valence-corrected chi connectivity index (χ2v) is 9.48. The van der Waals surface area contributed by atoms with Gasteiger partial charge in [-0.05, 0) is 61.6 Å². The van der Waals surface area contributed by atoms with Crippen LogP contribution in [0, 0.1) is 5.92 Å². The van der Waals surface area contributed by atoms with Gasteiger partial charge in [0.25, 0.3) is 0 Å². The molecule has 2 aromatic rings. The highest BCUT2D eigenvalue weighted by Gasteiger charge is 2.31. The maximum atomic E-state index is 12.6. The lowest BCUT2D eigenvalue weighted by Gasteiger charge is -2.31. The third-order valence-electron chi connectivity index (χ3n) is 5.17. The van der Waals surface area contributed by atoms with E-state index in [4.69, 9.17) is 0 Å². The number of hydrogen-bond acceptors (Lipinski definition) is 3. The largest absolute Gasteiger partial charge is 0.353 e. The second kappa shape index (κ2) is 8.62. The van der Waals surface area contributed by atoms with E-state index >= 15 is 0 Å². The number of amides is 2. The molecule has 2 heterocycles. The van der Waals surface area contributed by atoms with Crippen LogP contribution in [0.2, 0.25) is 0 Å². The first kappa shape index (κ1) is 19.4. The van der Waals surface area contributed by atoms with E-state index in [0.29, 0.717) is 12.6 Å². The first-order valence-electron chi connectivity index (χ1n) is 9.71. The zero-order valence-corrected chi connectivity index (χ0v) is 18.0. The van der Waals surface area contributed by atoms with Crippen LogP contribution in [0.3, 0.4) is 0 Å². The van der Waals surface area contributed by atoms with Crippen molar-refractivity contribution >= 4 is 45.2 Å². The van der Waals surface area contributed by atoms with Gasteiger partial charge in [-0.3, -0.25) is 9.59 Å². The maximum absolute atomic E-state index is 12.6. The Bertz CT molecular complexity index is 886. The third kappa shape index (κ3) is 4.92. The summed E-state index contributed by atoms with van der Waals surface area (Å²) in [5.41, 5.74) is 1.17. The molecule has 1 saturated carbocycles. The molecule has 1 N–H and O–H groups in total. The summed E-state index contributed by atoms with van der Waals surface area (Å²) in [6.45, 7) is 1.25. The molecule has 1 unspecified atom stereocenters. The number of benzene rings is 1. The van der Waals surface area contributed by atoms with Crippen LogP contribution in [-0.4, -0.2) is 35.8 Å². The fourth-order valence-corrected chi connectivity index (χ4v) is 4.59. The van der Waals surface area contributed by atoms with E-state index in [2.05, 4.69) is 39.4 Å². The number of hydrogen-bond donors (Lipinski definition) is 1. The van der Waals surface area contributed by atoms with Gasteiger partial charge in [-0.15, -0.1) is 11.3 Å². The van der Waals surface area contributed by atoms with Gasteiger partial charge in [0.05, 0.1) is 5.92 Å². The Morgan fingerprint density at radius 3 is 2.64 bits per heavy atom. The molecule has 6 heteroatoms. The Kier molecular flexibility index (Phi) is 5.97. The van der Waals surface area contributed by atoms with Crippen LogP contribution in [0.4, 0.5) is 0 Å². The Hall–Kier alpha value is -1.92. The molecule has 4 nitrogen and oxygen atoms in total. The van der Waals surface area contributed by atoms with E-state index < -0.39 is 0 Å². The summed E-state index contributed by atoms with van der Waals surface area (Å²) >= 11 is 5.12. The molecule has 28 heavy (non-hydrogen) atoms. The molecule has 1 aromatic carbocycles. The molecule has 2 fully saturated rings. The molecular weight excluding hydrogens is 436 g/mol. The zero-order chi connectivity index (χ0) is 19.5. The van der Waals surface area contributed by atoms with E-state index in [1.54, 1.807) is 22.3 Å². The first-order valence-corrected chi connectivity index (χ1v) is 11.3. The Morgan fingerprint density at radius 1 is 1.11 bits per heavy atom. The first-order chi connectivity index (χ1) is 13.6. The van der Waals surface area contributed by atoms with Crippen LogP contribution >= 0.6 is 27.3 Å². The third-order valence-corrected chi connectivity index (χ3v) is 6.80. The van der Waals surface area contributed by atoms with Crippen LogP contribution in [0.5, 0.6) is 0 Å². The molecule has 146 valence electrons. The summed E-state index contributed by atoms with van der Waals surface area (Å²) in [4.78, 5) is 28.9. The maximum Gasteiger partial charge on any atom is 0.246 e. The van der Waals surface area contributed by atoms with Crippen molar-refractivity contribution in [2.45, 2.75) is 31.7 Å². The summed E-state index contributed by atoms with van der Waals surface area (Å²) < 4.78 is 1.06. The number of piperidine rings is 1. The van der Waals surface area contributed by atoms with Crippen molar-refractivity contribution in [1.82, 2.24) is 10.2 Å². The molecule has 1 aliphatic heterocycles. The average molecular weight is 459 g/mol. The van der Waals surface area contributed by atoms with Crippen LogP contribution in [0.25, 0.3) is 16.5 Å². The zero-order valence-electron chi connectivity index (χ0n) is 15.6. The fourth-order valence-electron chi connectivity index (χ4n) is 3.41. The van der Waals surface area contributed by atoms with Gasteiger partial charge >= 0.3 is 0 Å². The van der Waals surface area contributed by atoms with Crippen molar-refractivity contribution in [3.63, 3.8) is 0 Å². The normalized spacial score (nSPS) is 19.8. The van der Waals surface area contributed by atoms with Gasteiger partial charge in [-0.2, -0.15) is 0 Å². The van der Waals surface area contributed by atoms with Gasteiger partial charge in [-0.1, -0.05) is 28.1 Å². The van der Waals surface area contributed by atoms with Crippen LogP contribution in [-0.2, 0) is 9.59 Å². The molecule has 1 saturated heterocycles. The van der Waals surface area contributed by atoms with E-state index in [9.17, 15) is 9.59 Å². The highest BCUT2D eigenvalue weighted by atomic mass is 79.9. The summed E-state index contributed by atoms with van der Waals surface area (Å²) in [6, 6.07) is 12.7. The number of rotatable bonds is 5. The van der Waals surface area contributed by atoms with Gasteiger partial charge in [-0.25, -0.2) is 0 Å². The van der Waals surface area contributed by atoms with E-state index in [1.165, 1.54) is 10.4 Å². The molecule has 1 atom stereocenters. The lowest BCUT2D eigenvalue weighted by Crippen LogP contribution is -2.45. The Labute approximate surface area is 177 Å². The molecule has 1 aliphatic carbocycles. The highest BCUT2D eigenvalue weighted by molar-refractivity contribution is 9.10. The fraction of sp³-hybridized carbons (Fsp3) is 0.364. The Balaban J connectivity index is 1.35. The van der Waals surface area contributed by atoms with Gasteiger partial charge in [0.2, 0.25) is 11.8 Å². The summed E-state index contributed by atoms with van der Waals surface area (Å²) in [6.07, 6.45) is 7.45. The second-order valence-electron chi connectivity index (χ2n) is 7.45. The quantitative estimate of drug-likeness (QED) is 0.659. The minimum atomic E-state index is -0.0718. The molecule has 4 rings (SSSR count). The van der Waals surface area contributed by atoms with Crippen molar-refractivity contribution in [2.75, 3.05) is 13.1 Å².